The maximum absolute atomic E-state index is 12.5. The van der Waals surface area contributed by atoms with E-state index in [0.29, 0.717) is 28.0 Å². The maximum Gasteiger partial charge on any atom is 0.232 e. The molecule has 26 heavy (non-hydrogen) atoms. The second-order valence-electron chi connectivity index (χ2n) is 6.61. The molecule has 4 N–H and O–H groups in total. The van der Waals surface area contributed by atoms with Crippen molar-refractivity contribution < 1.29 is 4.79 Å². The number of aromatic amines is 1. The minimum atomic E-state index is -0.467. The van der Waals surface area contributed by atoms with Gasteiger partial charge in [0, 0.05) is 28.9 Å². The average molecular weight is 372 g/mol. The number of H-pyrrole nitrogens is 1. The Kier molecular flexibility index (Phi) is 5.42. The molecule has 7 heteroatoms. The van der Waals surface area contributed by atoms with Gasteiger partial charge in [-0.1, -0.05) is 11.6 Å². The van der Waals surface area contributed by atoms with Gasteiger partial charge in [-0.3, -0.25) is 14.9 Å². The molecule has 1 aliphatic rings. The molecule has 1 amide bonds. The largest absolute Gasteiger partial charge is 0.404 e. The van der Waals surface area contributed by atoms with E-state index in [-0.39, 0.29) is 5.91 Å². The van der Waals surface area contributed by atoms with Crippen LogP contribution in [0.2, 0.25) is 5.02 Å². The van der Waals surface area contributed by atoms with Crippen molar-refractivity contribution in [1.29, 1.82) is 0 Å². The average Bonchev–Trinajstić information content (AvgIpc) is 3.34. The van der Waals surface area contributed by atoms with E-state index in [1.807, 2.05) is 25.1 Å². The predicted octanol–water partition coefficient (Wildman–Crippen LogP) is 4.07. The Morgan fingerprint density at radius 2 is 2.19 bits per heavy atom. The normalized spacial score (nSPS) is 16.0. The summed E-state index contributed by atoms with van der Waals surface area (Å²) in [5.41, 5.74) is 9.10. The van der Waals surface area contributed by atoms with Crippen LogP contribution in [0, 0.1) is 12.8 Å². The second kappa shape index (κ2) is 7.74. The van der Waals surface area contributed by atoms with Crippen molar-refractivity contribution in [2.45, 2.75) is 32.6 Å². The first-order chi connectivity index (χ1) is 12.5. The summed E-state index contributed by atoms with van der Waals surface area (Å²) in [7, 11) is 0. The van der Waals surface area contributed by atoms with Crippen LogP contribution in [0.3, 0.4) is 0 Å². The summed E-state index contributed by atoms with van der Waals surface area (Å²) in [6, 6.07) is 7.41. The fourth-order valence-electron chi connectivity index (χ4n) is 2.63. The van der Waals surface area contributed by atoms with Gasteiger partial charge in [0.2, 0.25) is 5.91 Å². The van der Waals surface area contributed by atoms with E-state index in [1.165, 1.54) is 19.0 Å². The molecule has 1 atom stereocenters. The molecule has 0 saturated heterocycles. The number of amides is 1. The van der Waals surface area contributed by atoms with E-state index in [0.717, 1.165) is 11.3 Å². The topological polar surface area (TPSA) is 96.2 Å². The highest BCUT2D eigenvalue weighted by molar-refractivity contribution is 6.30. The number of nitrogens with zero attached hydrogens (tertiary/aromatic N) is 2. The predicted molar refractivity (Wildman–Crippen MR) is 105 cm³/mol. The highest BCUT2D eigenvalue weighted by Gasteiger charge is 2.26. The third-order valence-electron chi connectivity index (χ3n) is 4.34. The summed E-state index contributed by atoms with van der Waals surface area (Å²) < 4.78 is 0. The lowest BCUT2D eigenvalue weighted by molar-refractivity contribution is -0.118. The summed E-state index contributed by atoms with van der Waals surface area (Å²) in [4.78, 5) is 16.9. The molecule has 1 fully saturated rings. The lowest BCUT2D eigenvalue weighted by atomic mass is 10.0. The molecule has 0 radical (unpaired) electrons. The fourth-order valence-corrected chi connectivity index (χ4v) is 2.91. The number of anilines is 1. The molecule has 1 saturated carbocycles. The number of benzene rings is 1. The second-order valence-corrected chi connectivity index (χ2v) is 7.04. The minimum Gasteiger partial charge on any atom is -0.404 e. The molecule has 1 aliphatic carbocycles. The van der Waals surface area contributed by atoms with Crippen molar-refractivity contribution in [3.8, 4) is 0 Å². The van der Waals surface area contributed by atoms with Crippen molar-refractivity contribution in [3.63, 3.8) is 0 Å². The van der Waals surface area contributed by atoms with Crippen LogP contribution >= 0.6 is 11.6 Å². The number of rotatable bonds is 6. The lowest BCUT2D eigenvalue weighted by Gasteiger charge is -2.11. The van der Waals surface area contributed by atoms with E-state index in [9.17, 15) is 4.79 Å². The van der Waals surface area contributed by atoms with Crippen molar-refractivity contribution >= 4 is 35.2 Å². The van der Waals surface area contributed by atoms with Crippen LogP contribution in [-0.4, -0.2) is 22.3 Å². The molecule has 1 heterocycles. The third kappa shape index (κ3) is 4.52. The number of carbonyl (C=O) groups is 1. The van der Waals surface area contributed by atoms with E-state index in [2.05, 4.69) is 20.5 Å². The Bertz CT molecular complexity index is 846. The molecule has 3 rings (SSSR count). The Morgan fingerprint density at radius 1 is 1.42 bits per heavy atom. The quantitative estimate of drug-likeness (QED) is 0.668. The SMILES string of the molecule is Cc1cc(Cl)cc(N=C/C(=C\N)C(C)C(=O)Nc2cc(C3CC3)[nH]n2)c1. The van der Waals surface area contributed by atoms with Crippen LogP contribution < -0.4 is 11.1 Å². The number of aryl methyl sites for hydroxylation is 1. The smallest absolute Gasteiger partial charge is 0.232 e. The van der Waals surface area contributed by atoms with Gasteiger partial charge < -0.3 is 11.1 Å². The van der Waals surface area contributed by atoms with Gasteiger partial charge in [0.1, 0.15) is 0 Å². The highest BCUT2D eigenvalue weighted by Crippen LogP contribution is 2.39. The summed E-state index contributed by atoms with van der Waals surface area (Å²) >= 11 is 6.04. The number of halogens is 1. The molecule has 1 aromatic carbocycles. The molecule has 0 spiro atoms. The first kappa shape index (κ1) is 18.2. The number of hydrogen-bond acceptors (Lipinski definition) is 4. The molecule has 136 valence electrons. The molecule has 2 aromatic rings. The number of aromatic nitrogens is 2. The van der Waals surface area contributed by atoms with Gasteiger partial charge in [-0.25, -0.2) is 0 Å². The number of nitrogens with one attached hydrogen (secondary N) is 2. The van der Waals surface area contributed by atoms with Gasteiger partial charge in [0.05, 0.1) is 11.6 Å². The zero-order valence-electron chi connectivity index (χ0n) is 14.8. The Morgan fingerprint density at radius 3 is 2.85 bits per heavy atom. The van der Waals surface area contributed by atoms with Gasteiger partial charge >= 0.3 is 0 Å². The van der Waals surface area contributed by atoms with E-state index < -0.39 is 5.92 Å². The summed E-state index contributed by atoms with van der Waals surface area (Å²) in [5.74, 6) is 0.426. The monoisotopic (exact) mass is 371 g/mol. The van der Waals surface area contributed by atoms with Crippen LogP contribution in [0.25, 0.3) is 0 Å². The zero-order chi connectivity index (χ0) is 18.7. The Balaban J connectivity index is 1.66. The Labute approximate surface area is 157 Å². The van der Waals surface area contributed by atoms with E-state index in [1.54, 1.807) is 19.2 Å². The Hall–Kier alpha value is -2.60. The summed E-state index contributed by atoms with van der Waals surface area (Å²) in [5, 5.41) is 10.5. The van der Waals surface area contributed by atoms with Crippen molar-refractivity contribution in [2.24, 2.45) is 16.6 Å². The fraction of sp³-hybridized carbons (Fsp3) is 0.316. The van der Waals surface area contributed by atoms with E-state index in [4.69, 9.17) is 17.3 Å². The van der Waals surface area contributed by atoms with Gasteiger partial charge in [0.15, 0.2) is 5.82 Å². The molecule has 6 nitrogen and oxygen atoms in total. The number of aliphatic imine (C=N–C) groups is 1. The number of nitrogens with two attached hydrogens (primary N) is 1. The first-order valence-electron chi connectivity index (χ1n) is 8.55. The van der Waals surface area contributed by atoms with Gasteiger partial charge in [0.25, 0.3) is 0 Å². The van der Waals surface area contributed by atoms with Crippen LogP contribution in [0.15, 0.2) is 41.0 Å². The standard InChI is InChI=1S/C19H22ClN5O/c1-11-5-15(20)7-16(6-11)22-10-14(9-21)12(2)19(26)23-18-8-17(24-25-18)13-3-4-13/h5-10,12-13H,3-4,21H2,1-2H3,(H2,23,24,25,26)/b14-9+,22-10?. The van der Waals surface area contributed by atoms with Crippen LogP contribution in [0.4, 0.5) is 11.5 Å². The third-order valence-corrected chi connectivity index (χ3v) is 4.56. The van der Waals surface area contributed by atoms with Crippen LogP contribution in [0.1, 0.15) is 36.9 Å². The maximum atomic E-state index is 12.5. The van der Waals surface area contributed by atoms with Crippen LogP contribution in [-0.2, 0) is 4.79 Å². The van der Waals surface area contributed by atoms with Gasteiger partial charge in [-0.2, -0.15) is 5.10 Å². The van der Waals surface area contributed by atoms with Gasteiger partial charge in [-0.05, 0) is 62.2 Å². The summed E-state index contributed by atoms with van der Waals surface area (Å²) in [6.45, 7) is 3.72. The van der Waals surface area contributed by atoms with Crippen molar-refractivity contribution in [1.82, 2.24) is 10.2 Å². The molecule has 1 aromatic heterocycles. The minimum absolute atomic E-state index is 0.190. The number of carbonyl (C=O) groups excluding carboxylic acids is 1. The van der Waals surface area contributed by atoms with Crippen molar-refractivity contribution in [2.75, 3.05) is 5.32 Å². The molecular formula is C19H22ClN5O. The molecule has 0 bridgehead atoms. The zero-order valence-corrected chi connectivity index (χ0v) is 15.5. The van der Waals surface area contributed by atoms with Crippen molar-refractivity contribution in [3.05, 3.63) is 52.3 Å². The van der Waals surface area contributed by atoms with Gasteiger partial charge in [-0.15, -0.1) is 0 Å². The molecule has 0 aliphatic heterocycles. The number of hydrogen-bond donors (Lipinski definition) is 3. The molecule has 1 unspecified atom stereocenters. The van der Waals surface area contributed by atoms with E-state index >= 15 is 0 Å². The van der Waals surface area contributed by atoms with Crippen LogP contribution in [0.5, 0.6) is 0 Å². The molecular weight excluding hydrogens is 350 g/mol. The summed E-state index contributed by atoms with van der Waals surface area (Å²) in [6.07, 6.45) is 5.33. The first-order valence-corrected chi connectivity index (χ1v) is 8.93. The lowest BCUT2D eigenvalue weighted by Crippen LogP contribution is -2.23. The highest BCUT2D eigenvalue weighted by atomic mass is 35.5.